The van der Waals surface area contributed by atoms with E-state index in [0.717, 1.165) is 0 Å². The molecule has 1 unspecified atom stereocenters. The zero-order valence-corrected chi connectivity index (χ0v) is 11.0. The van der Waals surface area contributed by atoms with Crippen molar-refractivity contribution >= 4 is 11.9 Å². The van der Waals surface area contributed by atoms with Gasteiger partial charge in [-0.25, -0.2) is 4.39 Å². The molecule has 1 amide bonds. The number of hydrogen-bond donors (Lipinski definition) is 2. The fourth-order valence-corrected chi connectivity index (χ4v) is 2.27. The Balaban J connectivity index is 1.77. The Morgan fingerprint density at radius 2 is 2.15 bits per heavy atom. The highest BCUT2D eigenvalue weighted by molar-refractivity contribution is 5.78. The average Bonchev–Trinajstić information content (AvgIpc) is 2.86. The lowest BCUT2D eigenvalue weighted by Gasteiger charge is -2.14. The number of carbonyl (C=O) groups is 2. The van der Waals surface area contributed by atoms with Crippen molar-refractivity contribution in [1.29, 1.82) is 0 Å². The van der Waals surface area contributed by atoms with Gasteiger partial charge in [-0.3, -0.25) is 14.5 Å². The Hall–Kier alpha value is -1.95. The van der Waals surface area contributed by atoms with Crippen LogP contribution in [-0.4, -0.2) is 41.5 Å². The lowest BCUT2D eigenvalue weighted by atomic mass is 10.1. The number of rotatable bonds is 5. The second kappa shape index (κ2) is 6.47. The molecule has 1 saturated heterocycles. The summed E-state index contributed by atoms with van der Waals surface area (Å²) in [5.74, 6) is -1.78. The van der Waals surface area contributed by atoms with E-state index in [1.807, 2.05) is 0 Å². The maximum absolute atomic E-state index is 13.4. The van der Waals surface area contributed by atoms with Crippen molar-refractivity contribution < 1.29 is 19.1 Å². The number of hydrogen-bond acceptors (Lipinski definition) is 3. The highest BCUT2D eigenvalue weighted by atomic mass is 19.1. The molecule has 0 saturated carbocycles. The molecule has 2 rings (SSSR count). The number of carboxylic acid groups (broad SMARTS) is 1. The summed E-state index contributed by atoms with van der Waals surface area (Å²) in [5, 5.41) is 11.5. The van der Waals surface area contributed by atoms with Crippen LogP contribution in [0.15, 0.2) is 24.3 Å². The van der Waals surface area contributed by atoms with Gasteiger partial charge in [0.2, 0.25) is 5.91 Å². The first-order valence-corrected chi connectivity index (χ1v) is 6.51. The van der Waals surface area contributed by atoms with Crippen LogP contribution in [0.25, 0.3) is 0 Å². The fourth-order valence-electron chi connectivity index (χ4n) is 2.27. The molecule has 0 aromatic heterocycles. The number of nitrogens with zero attached hydrogens (tertiary/aromatic N) is 1. The van der Waals surface area contributed by atoms with Gasteiger partial charge in [0.25, 0.3) is 0 Å². The fraction of sp³-hybridized carbons (Fsp3) is 0.429. The molecule has 1 heterocycles. The highest BCUT2D eigenvalue weighted by Crippen LogP contribution is 2.15. The van der Waals surface area contributed by atoms with Crippen molar-refractivity contribution in [2.24, 2.45) is 5.92 Å². The predicted octanol–water partition coefficient (Wildman–Crippen LogP) is 0.848. The molecule has 1 aliphatic rings. The molecule has 2 N–H and O–H groups in total. The van der Waals surface area contributed by atoms with Crippen LogP contribution in [0.4, 0.5) is 4.39 Å². The Bertz CT molecular complexity index is 507. The van der Waals surface area contributed by atoms with Gasteiger partial charge in [0, 0.05) is 18.7 Å². The third-order valence-electron chi connectivity index (χ3n) is 3.42. The highest BCUT2D eigenvalue weighted by Gasteiger charge is 2.28. The van der Waals surface area contributed by atoms with Crippen molar-refractivity contribution in [1.82, 2.24) is 10.2 Å². The molecule has 5 nitrogen and oxygen atoms in total. The molecular formula is C14H17FN2O3. The summed E-state index contributed by atoms with van der Waals surface area (Å²) in [4.78, 5) is 24.4. The van der Waals surface area contributed by atoms with E-state index in [9.17, 15) is 14.0 Å². The maximum Gasteiger partial charge on any atom is 0.307 e. The van der Waals surface area contributed by atoms with Crippen LogP contribution in [0, 0.1) is 11.7 Å². The molecule has 0 spiro atoms. The largest absolute Gasteiger partial charge is 0.481 e. The summed E-state index contributed by atoms with van der Waals surface area (Å²) in [5.41, 5.74) is 0.436. The summed E-state index contributed by atoms with van der Waals surface area (Å²) in [6.07, 6.45) is 0.565. The molecule has 108 valence electrons. The molecule has 0 radical (unpaired) electrons. The third-order valence-corrected chi connectivity index (χ3v) is 3.42. The number of benzene rings is 1. The Kier molecular flexibility index (Phi) is 4.68. The van der Waals surface area contributed by atoms with Gasteiger partial charge in [-0.15, -0.1) is 0 Å². The van der Waals surface area contributed by atoms with E-state index < -0.39 is 11.9 Å². The molecule has 1 aromatic carbocycles. The predicted molar refractivity (Wildman–Crippen MR) is 70.4 cm³/mol. The number of carbonyl (C=O) groups excluding carboxylic acids is 1. The summed E-state index contributed by atoms with van der Waals surface area (Å²) in [6.45, 7) is 1.28. The molecule has 6 heteroatoms. The van der Waals surface area contributed by atoms with E-state index in [1.54, 1.807) is 23.1 Å². The van der Waals surface area contributed by atoms with Crippen LogP contribution in [0.2, 0.25) is 0 Å². The molecule has 1 fully saturated rings. The summed E-state index contributed by atoms with van der Waals surface area (Å²) < 4.78 is 13.4. The van der Waals surface area contributed by atoms with Crippen LogP contribution in [0.3, 0.4) is 0 Å². The second-order valence-corrected chi connectivity index (χ2v) is 4.93. The first-order chi connectivity index (χ1) is 9.56. The van der Waals surface area contributed by atoms with Gasteiger partial charge in [-0.05, 0) is 19.0 Å². The molecular weight excluding hydrogens is 263 g/mol. The molecule has 0 bridgehead atoms. The van der Waals surface area contributed by atoms with E-state index >= 15 is 0 Å². The molecule has 1 atom stereocenters. The van der Waals surface area contributed by atoms with Gasteiger partial charge < -0.3 is 10.4 Å². The van der Waals surface area contributed by atoms with Gasteiger partial charge in [0.15, 0.2) is 0 Å². The van der Waals surface area contributed by atoms with Crippen LogP contribution in [0.1, 0.15) is 12.0 Å². The lowest BCUT2D eigenvalue weighted by molar-refractivity contribution is -0.141. The first kappa shape index (κ1) is 14.5. The summed E-state index contributed by atoms with van der Waals surface area (Å²) >= 11 is 0. The Morgan fingerprint density at radius 1 is 1.40 bits per heavy atom. The van der Waals surface area contributed by atoms with E-state index in [0.29, 0.717) is 25.1 Å². The Morgan fingerprint density at radius 3 is 2.80 bits per heavy atom. The smallest absolute Gasteiger partial charge is 0.307 e. The van der Waals surface area contributed by atoms with Gasteiger partial charge in [-0.1, -0.05) is 18.2 Å². The van der Waals surface area contributed by atoms with Crippen molar-refractivity contribution in [2.75, 3.05) is 19.6 Å². The number of amides is 1. The van der Waals surface area contributed by atoms with Crippen LogP contribution in [-0.2, 0) is 16.1 Å². The zero-order valence-electron chi connectivity index (χ0n) is 11.0. The van der Waals surface area contributed by atoms with E-state index in [1.165, 1.54) is 6.07 Å². The van der Waals surface area contributed by atoms with Gasteiger partial charge in [0.1, 0.15) is 5.82 Å². The van der Waals surface area contributed by atoms with E-state index in [4.69, 9.17) is 5.11 Å². The van der Waals surface area contributed by atoms with Crippen molar-refractivity contribution in [3.63, 3.8) is 0 Å². The minimum Gasteiger partial charge on any atom is -0.481 e. The van der Waals surface area contributed by atoms with Gasteiger partial charge in [0.05, 0.1) is 12.5 Å². The van der Waals surface area contributed by atoms with Crippen LogP contribution >= 0.6 is 0 Å². The minimum atomic E-state index is -0.820. The number of likely N-dealkylation sites (tertiary alicyclic amines) is 1. The monoisotopic (exact) mass is 280 g/mol. The number of carboxylic acids is 1. The number of aliphatic carboxylic acids is 1. The minimum absolute atomic E-state index is 0.141. The summed E-state index contributed by atoms with van der Waals surface area (Å²) in [6, 6.07) is 6.27. The molecule has 20 heavy (non-hydrogen) atoms. The van der Waals surface area contributed by atoms with E-state index in [-0.39, 0.29) is 24.8 Å². The molecule has 1 aromatic rings. The first-order valence-electron chi connectivity index (χ1n) is 6.51. The molecule has 1 aliphatic heterocycles. The lowest BCUT2D eigenvalue weighted by Crippen LogP contribution is -2.36. The number of halogens is 1. The maximum atomic E-state index is 13.4. The van der Waals surface area contributed by atoms with Gasteiger partial charge >= 0.3 is 5.97 Å². The topological polar surface area (TPSA) is 69.6 Å². The van der Waals surface area contributed by atoms with Crippen LogP contribution < -0.4 is 5.32 Å². The average molecular weight is 280 g/mol. The Labute approximate surface area is 116 Å². The van der Waals surface area contributed by atoms with Crippen LogP contribution in [0.5, 0.6) is 0 Å². The van der Waals surface area contributed by atoms with Gasteiger partial charge in [-0.2, -0.15) is 0 Å². The second-order valence-electron chi connectivity index (χ2n) is 4.93. The number of nitrogens with one attached hydrogen (secondary N) is 1. The SMILES string of the molecule is O=C(CN1CCC(C(=O)O)C1)NCc1ccccc1F. The zero-order chi connectivity index (χ0) is 14.5. The normalized spacial score (nSPS) is 18.9. The quantitative estimate of drug-likeness (QED) is 0.839. The molecule has 0 aliphatic carbocycles. The van der Waals surface area contributed by atoms with Crippen molar-refractivity contribution in [3.8, 4) is 0 Å². The standard InChI is InChI=1S/C14H17FN2O3/c15-12-4-2-1-3-10(12)7-16-13(18)9-17-6-5-11(8-17)14(19)20/h1-4,11H,5-9H2,(H,16,18)(H,19,20). The van der Waals surface area contributed by atoms with Crippen molar-refractivity contribution in [3.05, 3.63) is 35.6 Å². The van der Waals surface area contributed by atoms with E-state index in [2.05, 4.69) is 5.32 Å². The third kappa shape index (κ3) is 3.77. The van der Waals surface area contributed by atoms with Crippen molar-refractivity contribution in [2.45, 2.75) is 13.0 Å². The summed E-state index contributed by atoms with van der Waals surface area (Å²) in [7, 11) is 0.